The molecule has 0 spiro atoms. The Balaban J connectivity index is 2.02. The molecule has 0 aromatic carbocycles. The summed E-state index contributed by atoms with van der Waals surface area (Å²) in [7, 11) is 2.29. The van der Waals surface area contributed by atoms with Gasteiger partial charge in [0.15, 0.2) is 0 Å². The molecule has 0 aromatic heterocycles. The van der Waals surface area contributed by atoms with Crippen LogP contribution in [0.25, 0.3) is 0 Å². The van der Waals surface area contributed by atoms with Crippen LogP contribution in [0.1, 0.15) is 40.0 Å². The van der Waals surface area contributed by atoms with Crippen LogP contribution in [0.2, 0.25) is 0 Å². The summed E-state index contributed by atoms with van der Waals surface area (Å²) >= 11 is 0. The van der Waals surface area contributed by atoms with Crippen molar-refractivity contribution in [3.8, 4) is 0 Å². The summed E-state index contributed by atoms with van der Waals surface area (Å²) in [4.78, 5) is 2.58. The van der Waals surface area contributed by atoms with Crippen LogP contribution in [0.5, 0.6) is 0 Å². The quantitative estimate of drug-likeness (QED) is 0.578. The molecule has 2 fully saturated rings. The van der Waals surface area contributed by atoms with Crippen molar-refractivity contribution < 1.29 is 0 Å². The summed E-state index contributed by atoms with van der Waals surface area (Å²) in [5, 5.41) is 0. The van der Waals surface area contributed by atoms with Gasteiger partial charge < -0.3 is 0 Å². The predicted octanol–water partition coefficient (Wildman–Crippen LogP) is 3.07. The summed E-state index contributed by atoms with van der Waals surface area (Å²) in [6.07, 6.45) is 9.16. The summed E-state index contributed by atoms with van der Waals surface area (Å²) in [6, 6.07) is 1.61. The average molecular weight is 193 g/mol. The minimum Gasteiger partial charge on any atom is -0.297 e. The van der Waals surface area contributed by atoms with E-state index in [0.717, 1.165) is 18.0 Å². The maximum atomic E-state index is 2.58. The van der Waals surface area contributed by atoms with Gasteiger partial charge in [-0.05, 0) is 37.6 Å². The van der Waals surface area contributed by atoms with Crippen LogP contribution < -0.4 is 0 Å². The molecule has 2 bridgehead atoms. The number of hydrogen-bond acceptors (Lipinski definition) is 1. The van der Waals surface area contributed by atoms with E-state index in [9.17, 15) is 0 Å². The third-order valence-corrected chi connectivity index (χ3v) is 3.77. The fourth-order valence-corrected chi connectivity index (χ4v) is 2.93. The molecule has 1 aliphatic carbocycles. The number of piperidine rings is 1. The van der Waals surface area contributed by atoms with E-state index in [-0.39, 0.29) is 0 Å². The Morgan fingerprint density at radius 2 is 1.93 bits per heavy atom. The van der Waals surface area contributed by atoms with Crippen LogP contribution in [-0.2, 0) is 0 Å². The predicted molar refractivity (Wildman–Crippen MR) is 61.3 cm³/mol. The Hall–Kier alpha value is -0.300. The van der Waals surface area contributed by atoms with Crippen molar-refractivity contribution in [2.24, 2.45) is 11.3 Å². The Kier molecular flexibility index (Phi) is 2.46. The van der Waals surface area contributed by atoms with Crippen molar-refractivity contribution in [2.45, 2.75) is 52.1 Å². The van der Waals surface area contributed by atoms with Gasteiger partial charge in [-0.1, -0.05) is 32.9 Å². The van der Waals surface area contributed by atoms with E-state index >= 15 is 0 Å². The molecule has 1 heteroatoms. The molecule has 0 radical (unpaired) electrons. The van der Waals surface area contributed by atoms with Crippen molar-refractivity contribution in [2.75, 3.05) is 7.05 Å². The molecule has 14 heavy (non-hydrogen) atoms. The van der Waals surface area contributed by atoms with Gasteiger partial charge in [-0.2, -0.15) is 0 Å². The smallest absolute Gasteiger partial charge is 0.0307 e. The van der Waals surface area contributed by atoms with Gasteiger partial charge in [0.05, 0.1) is 0 Å². The first-order valence-corrected chi connectivity index (χ1v) is 5.89. The van der Waals surface area contributed by atoms with Crippen molar-refractivity contribution in [3.05, 3.63) is 12.2 Å². The zero-order valence-corrected chi connectivity index (χ0v) is 9.96. The third kappa shape index (κ3) is 1.88. The second-order valence-corrected chi connectivity index (χ2v) is 6.11. The van der Waals surface area contributed by atoms with E-state index in [1.54, 1.807) is 0 Å². The van der Waals surface area contributed by atoms with Gasteiger partial charge in [0.1, 0.15) is 0 Å². The summed E-state index contributed by atoms with van der Waals surface area (Å²) in [5.74, 6) is 0.948. The van der Waals surface area contributed by atoms with E-state index in [2.05, 4.69) is 44.9 Å². The van der Waals surface area contributed by atoms with Gasteiger partial charge in [0.25, 0.3) is 0 Å². The molecule has 3 unspecified atom stereocenters. The molecule has 1 nitrogen and oxygen atoms in total. The minimum absolute atomic E-state index is 0.336. The molecule has 1 saturated carbocycles. The highest BCUT2D eigenvalue weighted by molar-refractivity contribution is 5.09. The highest BCUT2D eigenvalue weighted by atomic mass is 15.2. The first-order chi connectivity index (χ1) is 6.47. The summed E-state index contributed by atoms with van der Waals surface area (Å²) < 4.78 is 0. The lowest BCUT2D eigenvalue weighted by Crippen LogP contribution is -2.36. The van der Waals surface area contributed by atoms with Crippen molar-refractivity contribution in [1.82, 2.24) is 4.90 Å². The molecule has 0 amide bonds. The fourth-order valence-electron chi connectivity index (χ4n) is 2.93. The molecule has 1 heterocycles. The highest BCUT2D eigenvalue weighted by Gasteiger charge is 2.42. The maximum absolute atomic E-state index is 2.58. The molecule has 2 rings (SSSR count). The molecule has 0 aromatic rings. The molecule has 0 N–H and O–H groups in total. The topological polar surface area (TPSA) is 3.24 Å². The Morgan fingerprint density at radius 1 is 1.21 bits per heavy atom. The summed E-state index contributed by atoms with van der Waals surface area (Å²) in [5.41, 5.74) is 0.336. The molecule has 3 atom stereocenters. The lowest BCUT2D eigenvalue weighted by atomic mass is 9.92. The van der Waals surface area contributed by atoms with Crippen molar-refractivity contribution in [3.63, 3.8) is 0 Å². The largest absolute Gasteiger partial charge is 0.297 e. The summed E-state index contributed by atoms with van der Waals surface area (Å²) in [6.45, 7) is 6.82. The van der Waals surface area contributed by atoms with Crippen LogP contribution >= 0.6 is 0 Å². The first kappa shape index (κ1) is 10.2. The van der Waals surface area contributed by atoms with Gasteiger partial charge in [0, 0.05) is 12.1 Å². The maximum Gasteiger partial charge on any atom is 0.0307 e. The van der Waals surface area contributed by atoms with E-state index < -0.39 is 0 Å². The van der Waals surface area contributed by atoms with E-state index in [4.69, 9.17) is 0 Å². The average Bonchev–Trinajstić information content (AvgIpc) is 2.60. The van der Waals surface area contributed by atoms with Crippen LogP contribution in [-0.4, -0.2) is 24.0 Å². The Labute approximate surface area is 88.2 Å². The monoisotopic (exact) mass is 193 g/mol. The van der Waals surface area contributed by atoms with Crippen LogP contribution in [0, 0.1) is 11.3 Å². The number of rotatable bonds is 1. The lowest BCUT2D eigenvalue weighted by molar-refractivity contribution is 0.209. The number of allylic oxidation sites excluding steroid dienone is 1. The normalized spacial score (nSPS) is 38.7. The van der Waals surface area contributed by atoms with Crippen molar-refractivity contribution >= 4 is 0 Å². The van der Waals surface area contributed by atoms with Crippen LogP contribution in [0.15, 0.2) is 12.2 Å². The van der Waals surface area contributed by atoms with Crippen molar-refractivity contribution in [1.29, 1.82) is 0 Å². The molecule has 1 aliphatic heterocycles. The third-order valence-electron chi connectivity index (χ3n) is 3.77. The first-order valence-electron chi connectivity index (χ1n) is 5.89. The standard InChI is InChI=1S/C13H23N/c1-13(2,3)8-7-12-10-5-6-11(9-10)14(12)4/h7-8,10-12H,5-6,9H2,1-4H3/b8-7+. The lowest BCUT2D eigenvalue weighted by Gasteiger charge is -2.30. The zero-order chi connectivity index (χ0) is 10.3. The van der Waals surface area contributed by atoms with Gasteiger partial charge >= 0.3 is 0 Å². The Bertz CT molecular complexity index is 234. The molecular weight excluding hydrogens is 170 g/mol. The number of likely N-dealkylation sites (tertiary alicyclic amines) is 1. The van der Waals surface area contributed by atoms with E-state index in [1.165, 1.54) is 19.3 Å². The zero-order valence-electron chi connectivity index (χ0n) is 9.96. The molecule has 80 valence electrons. The van der Waals surface area contributed by atoms with E-state index in [1.807, 2.05) is 0 Å². The van der Waals surface area contributed by atoms with Gasteiger partial charge in [-0.3, -0.25) is 4.90 Å². The van der Waals surface area contributed by atoms with Gasteiger partial charge in [-0.15, -0.1) is 0 Å². The van der Waals surface area contributed by atoms with Crippen LogP contribution in [0.4, 0.5) is 0 Å². The SMILES string of the molecule is CN1C2CCC(C2)C1/C=C/C(C)(C)C. The highest BCUT2D eigenvalue weighted by Crippen LogP contribution is 2.42. The van der Waals surface area contributed by atoms with Gasteiger partial charge in [0.2, 0.25) is 0 Å². The fraction of sp³-hybridized carbons (Fsp3) is 0.846. The number of likely N-dealkylation sites (N-methyl/N-ethyl adjacent to an activating group) is 1. The molecule has 1 saturated heterocycles. The minimum atomic E-state index is 0.336. The second-order valence-electron chi connectivity index (χ2n) is 6.11. The number of hydrogen-bond donors (Lipinski definition) is 0. The van der Waals surface area contributed by atoms with Crippen LogP contribution in [0.3, 0.4) is 0 Å². The Morgan fingerprint density at radius 3 is 2.43 bits per heavy atom. The molecular formula is C13H23N. The number of nitrogens with zero attached hydrogens (tertiary/aromatic N) is 1. The molecule has 2 aliphatic rings. The number of fused-ring (bicyclic) bond motifs is 2. The van der Waals surface area contributed by atoms with Gasteiger partial charge in [-0.25, -0.2) is 0 Å². The second kappa shape index (κ2) is 3.37. The van der Waals surface area contributed by atoms with E-state index in [0.29, 0.717) is 5.41 Å².